The summed E-state index contributed by atoms with van der Waals surface area (Å²) in [6.45, 7) is 2.89. The summed E-state index contributed by atoms with van der Waals surface area (Å²) in [5.41, 5.74) is 1.01. The summed E-state index contributed by atoms with van der Waals surface area (Å²) in [6, 6.07) is 13.5. The van der Waals surface area contributed by atoms with Gasteiger partial charge in [0, 0.05) is 14.1 Å². The van der Waals surface area contributed by atoms with Gasteiger partial charge in [-0.05, 0) is 48.9 Å². The van der Waals surface area contributed by atoms with Crippen molar-refractivity contribution < 1.29 is 18.7 Å². The molecule has 162 valence electrons. The van der Waals surface area contributed by atoms with Gasteiger partial charge in [-0.2, -0.15) is 0 Å². The minimum absolute atomic E-state index is 0.0652. The third kappa shape index (κ3) is 7.98. The number of amides is 1. The number of halogens is 1. The van der Waals surface area contributed by atoms with Crippen molar-refractivity contribution in [2.45, 2.75) is 19.6 Å². The van der Waals surface area contributed by atoms with Crippen molar-refractivity contribution in [1.29, 1.82) is 0 Å². The summed E-state index contributed by atoms with van der Waals surface area (Å²) in [5.74, 6) is 1.48. The van der Waals surface area contributed by atoms with E-state index >= 15 is 0 Å². The van der Waals surface area contributed by atoms with E-state index in [0.29, 0.717) is 24.8 Å². The molecule has 0 bridgehead atoms. The quantitative estimate of drug-likeness (QED) is 0.485. The van der Waals surface area contributed by atoms with Crippen molar-refractivity contribution in [3.63, 3.8) is 0 Å². The highest BCUT2D eigenvalue weighted by Gasteiger charge is 2.09. The lowest BCUT2D eigenvalue weighted by Gasteiger charge is -2.19. The number of carbonyl (C=O) groups excluding carboxylic acids is 1. The molecule has 2 N–H and O–H groups in total. The molecular weight excluding hydrogens is 387 g/mol. The third-order valence-corrected chi connectivity index (χ3v) is 4.19. The van der Waals surface area contributed by atoms with Gasteiger partial charge in [0.15, 0.2) is 5.96 Å². The number of ether oxygens (including phenoxy) is 2. The SMILES string of the molecule is COc1ccc(CN=C(NCC(=O)N(C)C)NCC(C)Oc2ccc(F)cc2)cc1. The second-order valence-corrected chi connectivity index (χ2v) is 6.92. The molecule has 2 rings (SSSR count). The van der Waals surface area contributed by atoms with Crippen molar-refractivity contribution in [2.75, 3.05) is 34.3 Å². The predicted molar refractivity (Wildman–Crippen MR) is 115 cm³/mol. The van der Waals surface area contributed by atoms with E-state index in [1.807, 2.05) is 31.2 Å². The minimum Gasteiger partial charge on any atom is -0.497 e. The first-order chi connectivity index (χ1) is 14.4. The molecule has 0 radical (unpaired) electrons. The smallest absolute Gasteiger partial charge is 0.241 e. The molecule has 0 aromatic heterocycles. The summed E-state index contributed by atoms with van der Waals surface area (Å²) < 4.78 is 24.0. The Morgan fingerprint density at radius 3 is 2.30 bits per heavy atom. The normalized spacial score (nSPS) is 12.1. The van der Waals surface area contributed by atoms with Gasteiger partial charge in [-0.15, -0.1) is 0 Å². The Balaban J connectivity index is 1.96. The first-order valence-corrected chi connectivity index (χ1v) is 9.65. The van der Waals surface area contributed by atoms with Gasteiger partial charge >= 0.3 is 0 Å². The van der Waals surface area contributed by atoms with E-state index < -0.39 is 0 Å². The number of hydrogen-bond donors (Lipinski definition) is 2. The second kappa shape index (κ2) is 11.6. The fourth-order valence-corrected chi connectivity index (χ4v) is 2.42. The molecule has 1 unspecified atom stereocenters. The fourth-order valence-electron chi connectivity index (χ4n) is 2.42. The summed E-state index contributed by atoms with van der Waals surface area (Å²) in [6.07, 6.45) is -0.201. The van der Waals surface area contributed by atoms with E-state index in [1.54, 1.807) is 33.3 Å². The zero-order valence-electron chi connectivity index (χ0n) is 17.8. The molecule has 0 spiro atoms. The van der Waals surface area contributed by atoms with Crippen LogP contribution in [-0.2, 0) is 11.3 Å². The molecule has 7 nitrogen and oxygen atoms in total. The van der Waals surface area contributed by atoms with Crippen LogP contribution >= 0.6 is 0 Å². The zero-order chi connectivity index (χ0) is 21.9. The summed E-state index contributed by atoms with van der Waals surface area (Å²) in [5, 5.41) is 6.22. The Morgan fingerprint density at radius 2 is 1.70 bits per heavy atom. The molecule has 0 saturated carbocycles. The molecule has 0 saturated heterocycles. The van der Waals surface area contributed by atoms with Gasteiger partial charge in [-0.25, -0.2) is 9.38 Å². The van der Waals surface area contributed by atoms with Gasteiger partial charge in [-0.1, -0.05) is 12.1 Å². The van der Waals surface area contributed by atoms with E-state index in [0.717, 1.165) is 11.3 Å². The van der Waals surface area contributed by atoms with E-state index in [9.17, 15) is 9.18 Å². The number of guanidine groups is 1. The highest BCUT2D eigenvalue weighted by atomic mass is 19.1. The van der Waals surface area contributed by atoms with E-state index in [4.69, 9.17) is 9.47 Å². The Labute approximate surface area is 176 Å². The fraction of sp³-hybridized carbons (Fsp3) is 0.364. The summed E-state index contributed by atoms with van der Waals surface area (Å²) in [7, 11) is 5.02. The number of hydrogen-bond acceptors (Lipinski definition) is 4. The standard InChI is InChI=1S/C22H29FN4O3/c1-16(30-20-11-7-18(23)8-12-20)13-24-22(26-15-21(28)27(2)3)25-14-17-5-9-19(29-4)10-6-17/h5-12,16H,13-15H2,1-4H3,(H2,24,25,26). The average Bonchev–Trinajstić information content (AvgIpc) is 2.74. The third-order valence-electron chi connectivity index (χ3n) is 4.19. The van der Waals surface area contributed by atoms with Gasteiger partial charge in [-0.3, -0.25) is 4.79 Å². The molecule has 0 heterocycles. The number of methoxy groups -OCH3 is 1. The van der Waals surface area contributed by atoms with Crippen LogP contribution in [0, 0.1) is 5.82 Å². The predicted octanol–water partition coefficient (Wildman–Crippen LogP) is 2.43. The lowest BCUT2D eigenvalue weighted by molar-refractivity contribution is -0.127. The summed E-state index contributed by atoms with van der Waals surface area (Å²) in [4.78, 5) is 18.0. The molecule has 0 aliphatic heterocycles. The molecule has 2 aromatic rings. The molecular formula is C22H29FN4O3. The number of carbonyl (C=O) groups is 1. The largest absolute Gasteiger partial charge is 0.497 e. The van der Waals surface area contributed by atoms with Crippen LogP contribution in [0.1, 0.15) is 12.5 Å². The van der Waals surface area contributed by atoms with Gasteiger partial charge in [0.05, 0.1) is 26.7 Å². The number of likely N-dealkylation sites (N-methyl/N-ethyl adjacent to an activating group) is 1. The monoisotopic (exact) mass is 416 g/mol. The average molecular weight is 416 g/mol. The number of nitrogens with one attached hydrogen (secondary N) is 2. The number of aliphatic imine (C=N–C) groups is 1. The molecule has 30 heavy (non-hydrogen) atoms. The molecule has 1 atom stereocenters. The highest BCUT2D eigenvalue weighted by Crippen LogP contribution is 2.13. The first kappa shape index (κ1) is 23.0. The minimum atomic E-state index is -0.309. The van der Waals surface area contributed by atoms with Gasteiger partial charge in [0.2, 0.25) is 5.91 Å². The summed E-state index contributed by atoms with van der Waals surface area (Å²) >= 11 is 0. The Hall–Kier alpha value is -3.29. The Bertz CT molecular complexity index is 823. The molecule has 1 amide bonds. The van der Waals surface area contributed by atoms with E-state index in [2.05, 4.69) is 15.6 Å². The van der Waals surface area contributed by atoms with E-state index in [1.165, 1.54) is 17.0 Å². The second-order valence-electron chi connectivity index (χ2n) is 6.92. The van der Waals surface area contributed by atoms with Crippen molar-refractivity contribution in [3.8, 4) is 11.5 Å². The van der Waals surface area contributed by atoms with Crippen molar-refractivity contribution in [3.05, 3.63) is 59.9 Å². The van der Waals surface area contributed by atoms with Crippen molar-refractivity contribution in [2.24, 2.45) is 4.99 Å². The van der Waals surface area contributed by atoms with Crippen LogP contribution in [0.4, 0.5) is 4.39 Å². The Kier molecular flexibility index (Phi) is 8.93. The molecule has 8 heteroatoms. The maximum atomic E-state index is 13.0. The van der Waals surface area contributed by atoms with Gasteiger partial charge < -0.3 is 25.0 Å². The molecule has 2 aromatic carbocycles. The van der Waals surface area contributed by atoms with Crippen LogP contribution in [-0.4, -0.2) is 57.2 Å². The number of nitrogens with zero attached hydrogens (tertiary/aromatic N) is 2. The molecule has 0 fully saturated rings. The maximum Gasteiger partial charge on any atom is 0.241 e. The Morgan fingerprint density at radius 1 is 1.07 bits per heavy atom. The van der Waals surface area contributed by atoms with Crippen molar-refractivity contribution >= 4 is 11.9 Å². The molecule has 0 aliphatic rings. The van der Waals surface area contributed by atoms with Crippen molar-refractivity contribution in [1.82, 2.24) is 15.5 Å². The van der Waals surface area contributed by atoms with Crippen LogP contribution in [0.2, 0.25) is 0 Å². The van der Waals surface area contributed by atoms with Crippen LogP contribution in [0.5, 0.6) is 11.5 Å². The topological polar surface area (TPSA) is 75.2 Å². The zero-order valence-corrected chi connectivity index (χ0v) is 17.8. The lowest BCUT2D eigenvalue weighted by atomic mass is 10.2. The number of rotatable bonds is 9. The van der Waals surface area contributed by atoms with Crippen LogP contribution in [0.3, 0.4) is 0 Å². The first-order valence-electron chi connectivity index (χ1n) is 9.65. The van der Waals surface area contributed by atoms with Crippen LogP contribution < -0.4 is 20.1 Å². The van der Waals surface area contributed by atoms with E-state index in [-0.39, 0.29) is 24.4 Å². The molecule has 0 aliphatic carbocycles. The number of benzene rings is 2. The van der Waals surface area contributed by atoms with Gasteiger partial charge in [0.1, 0.15) is 23.4 Å². The van der Waals surface area contributed by atoms with Crippen LogP contribution in [0.25, 0.3) is 0 Å². The lowest BCUT2D eigenvalue weighted by Crippen LogP contribution is -2.45. The maximum absolute atomic E-state index is 13.0. The van der Waals surface area contributed by atoms with Crippen LogP contribution in [0.15, 0.2) is 53.5 Å². The van der Waals surface area contributed by atoms with Gasteiger partial charge in [0.25, 0.3) is 0 Å². The highest BCUT2D eigenvalue weighted by molar-refractivity contribution is 5.86.